The Morgan fingerprint density at radius 2 is 1.93 bits per heavy atom. The van der Waals surface area contributed by atoms with Crippen LogP contribution in [0.25, 0.3) is 0 Å². The van der Waals surface area contributed by atoms with Gasteiger partial charge in [-0.05, 0) is 24.3 Å². The fraction of sp³-hybridized carbons (Fsp3) is 0.111. The van der Waals surface area contributed by atoms with Crippen LogP contribution in [0.4, 0.5) is 5.69 Å². The Morgan fingerprint density at radius 3 is 2.36 bits per heavy atom. The summed E-state index contributed by atoms with van der Waals surface area (Å²) in [4.78, 5) is 0. The minimum Gasteiger partial charge on any atom is -0.283 e. The Balaban J connectivity index is 2.86. The van der Waals surface area contributed by atoms with E-state index >= 15 is 0 Å². The third-order valence-electron chi connectivity index (χ3n) is 1.47. The van der Waals surface area contributed by atoms with Gasteiger partial charge in [0.2, 0.25) is 10.0 Å². The van der Waals surface area contributed by atoms with Crippen molar-refractivity contribution >= 4 is 27.3 Å². The van der Waals surface area contributed by atoms with Gasteiger partial charge in [0.05, 0.1) is 0 Å². The van der Waals surface area contributed by atoms with Crippen molar-refractivity contribution in [3.05, 3.63) is 29.8 Å². The molecular weight excluding hydrogens is 222 g/mol. The lowest BCUT2D eigenvalue weighted by molar-refractivity contribution is 0.605. The Bertz CT molecular complexity index is 445. The molecular formula is C9H8ClNO2S. The van der Waals surface area contributed by atoms with Crippen molar-refractivity contribution in [2.75, 3.05) is 9.93 Å². The standard InChI is InChI=1S/C9H8ClNO2S/c1-2-8-3-5-9(6-4-8)11-14(12,13)7-10/h1,3-6,11H,7H2. The lowest BCUT2D eigenvalue weighted by Gasteiger charge is -2.04. The summed E-state index contributed by atoms with van der Waals surface area (Å²) in [5.41, 5.74) is 1.14. The molecule has 1 aromatic rings. The summed E-state index contributed by atoms with van der Waals surface area (Å²) < 4.78 is 24.4. The van der Waals surface area contributed by atoms with E-state index in [1.807, 2.05) is 0 Å². The molecule has 0 aliphatic heterocycles. The fourth-order valence-electron chi connectivity index (χ4n) is 0.841. The van der Waals surface area contributed by atoms with Crippen LogP contribution >= 0.6 is 11.6 Å². The van der Waals surface area contributed by atoms with Crippen molar-refractivity contribution in [3.8, 4) is 12.3 Å². The maximum absolute atomic E-state index is 11.0. The third-order valence-corrected chi connectivity index (χ3v) is 3.16. The highest BCUT2D eigenvalue weighted by Gasteiger charge is 2.06. The minimum absolute atomic E-state index is 0.449. The van der Waals surface area contributed by atoms with E-state index in [0.717, 1.165) is 0 Å². The normalized spacial score (nSPS) is 10.6. The lowest BCUT2D eigenvalue weighted by atomic mass is 10.2. The number of nitrogens with one attached hydrogen (secondary N) is 1. The summed E-state index contributed by atoms with van der Waals surface area (Å²) in [5.74, 6) is 2.43. The first kappa shape index (κ1) is 10.9. The second kappa shape index (κ2) is 4.36. The largest absolute Gasteiger partial charge is 0.283 e. The Kier molecular flexibility index (Phi) is 3.39. The van der Waals surface area contributed by atoms with Gasteiger partial charge >= 0.3 is 0 Å². The van der Waals surface area contributed by atoms with Gasteiger partial charge in [-0.25, -0.2) is 8.42 Å². The summed E-state index contributed by atoms with van der Waals surface area (Å²) in [7, 11) is -3.43. The van der Waals surface area contributed by atoms with Crippen LogP contribution < -0.4 is 4.72 Å². The topological polar surface area (TPSA) is 46.2 Å². The number of hydrogen-bond acceptors (Lipinski definition) is 2. The molecule has 0 aliphatic rings. The van der Waals surface area contributed by atoms with E-state index in [0.29, 0.717) is 11.3 Å². The molecule has 0 aromatic heterocycles. The first-order chi connectivity index (χ1) is 6.57. The van der Waals surface area contributed by atoms with Crippen LogP contribution in [-0.2, 0) is 10.0 Å². The van der Waals surface area contributed by atoms with Crippen molar-refractivity contribution in [2.45, 2.75) is 0 Å². The maximum atomic E-state index is 11.0. The Morgan fingerprint density at radius 1 is 1.36 bits per heavy atom. The van der Waals surface area contributed by atoms with Gasteiger partial charge in [-0.3, -0.25) is 4.72 Å². The van der Waals surface area contributed by atoms with Crippen LogP contribution in [0.3, 0.4) is 0 Å². The van der Waals surface area contributed by atoms with E-state index in [1.54, 1.807) is 24.3 Å². The summed E-state index contributed by atoms with van der Waals surface area (Å²) >= 11 is 5.22. The quantitative estimate of drug-likeness (QED) is 0.632. The number of terminal acetylenes is 1. The van der Waals surface area contributed by atoms with Crippen LogP contribution in [0.1, 0.15) is 5.56 Å². The highest BCUT2D eigenvalue weighted by atomic mass is 35.5. The molecule has 1 N–H and O–H groups in total. The zero-order valence-electron chi connectivity index (χ0n) is 7.20. The van der Waals surface area contributed by atoms with Crippen LogP contribution in [0, 0.1) is 12.3 Å². The highest BCUT2D eigenvalue weighted by Crippen LogP contribution is 2.11. The van der Waals surface area contributed by atoms with E-state index in [2.05, 4.69) is 10.6 Å². The molecule has 0 radical (unpaired) electrons. The molecule has 0 fully saturated rings. The molecule has 0 aliphatic carbocycles. The number of rotatable bonds is 3. The van der Waals surface area contributed by atoms with Gasteiger partial charge in [-0.2, -0.15) is 0 Å². The molecule has 0 heterocycles. The molecule has 74 valence electrons. The molecule has 0 saturated heterocycles. The summed E-state index contributed by atoms with van der Waals surface area (Å²) in [6.45, 7) is 0. The van der Waals surface area contributed by atoms with Gasteiger partial charge in [0.1, 0.15) is 5.21 Å². The molecule has 0 bridgehead atoms. The second-order valence-electron chi connectivity index (χ2n) is 2.55. The molecule has 5 heteroatoms. The minimum atomic E-state index is -3.43. The monoisotopic (exact) mass is 229 g/mol. The van der Waals surface area contributed by atoms with Crippen molar-refractivity contribution in [1.29, 1.82) is 0 Å². The first-order valence-electron chi connectivity index (χ1n) is 3.70. The fourth-order valence-corrected chi connectivity index (χ4v) is 1.55. The number of alkyl halides is 1. The van der Waals surface area contributed by atoms with Gasteiger partial charge in [0.15, 0.2) is 0 Å². The summed E-state index contributed by atoms with van der Waals surface area (Å²) in [5, 5.41) is -0.468. The van der Waals surface area contributed by atoms with E-state index < -0.39 is 15.2 Å². The van der Waals surface area contributed by atoms with E-state index in [9.17, 15) is 8.42 Å². The molecule has 1 aromatic carbocycles. The number of anilines is 1. The Labute approximate surface area is 88.1 Å². The van der Waals surface area contributed by atoms with Crippen LogP contribution in [0.2, 0.25) is 0 Å². The van der Waals surface area contributed by atoms with E-state index in [4.69, 9.17) is 18.0 Å². The van der Waals surface area contributed by atoms with E-state index in [-0.39, 0.29) is 0 Å². The van der Waals surface area contributed by atoms with Gasteiger partial charge in [0, 0.05) is 11.3 Å². The van der Waals surface area contributed by atoms with Crippen LogP contribution in [-0.4, -0.2) is 13.6 Å². The third kappa shape index (κ3) is 2.95. The molecule has 0 unspecified atom stereocenters. The number of hydrogen-bond donors (Lipinski definition) is 1. The zero-order valence-corrected chi connectivity index (χ0v) is 8.77. The predicted octanol–water partition coefficient (Wildman–Crippen LogP) is 1.61. The number of halogens is 1. The lowest BCUT2D eigenvalue weighted by Crippen LogP contribution is -2.13. The molecule has 14 heavy (non-hydrogen) atoms. The van der Waals surface area contributed by atoms with Gasteiger partial charge < -0.3 is 0 Å². The first-order valence-corrected chi connectivity index (χ1v) is 5.89. The average molecular weight is 230 g/mol. The van der Waals surface area contributed by atoms with Gasteiger partial charge in [-0.1, -0.05) is 5.92 Å². The molecule has 0 amide bonds. The second-order valence-corrected chi connectivity index (χ2v) is 4.85. The van der Waals surface area contributed by atoms with Crippen molar-refractivity contribution < 1.29 is 8.42 Å². The summed E-state index contributed by atoms with van der Waals surface area (Å²) in [6, 6.07) is 6.46. The zero-order chi connectivity index (χ0) is 10.6. The average Bonchev–Trinajstić information content (AvgIpc) is 2.19. The number of benzene rings is 1. The van der Waals surface area contributed by atoms with Crippen molar-refractivity contribution in [2.24, 2.45) is 0 Å². The van der Waals surface area contributed by atoms with Crippen LogP contribution in [0.5, 0.6) is 0 Å². The molecule has 0 atom stereocenters. The predicted molar refractivity (Wildman–Crippen MR) is 57.6 cm³/mol. The van der Waals surface area contributed by atoms with Crippen molar-refractivity contribution in [1.82, 2.24) is 0 Å². The van der Waals surface area contributed by atoms with Crippen LogP contribution in [0.15, 0.2) is 24.3 Å². The molecule has 1 rings (SSSR count). The van der Waals surface area contributed by atoms with Crippen molar-refractivity contribution in [3.63, 3.8) is 0 Å². The molecule has 0 spiro atoms. The van der Waals surface area contributed by atoms with Gasteiger partial charge in [0.25, 0.3) is 0 Å². The Hall–Kier alpha value is -1.18. The SMILES string of the molecule is C#Cc1ccc(NS(=O)(=O)CCl)cc1. The molecule has 3 nitrogen and oxygen atoms in total. The van der Waals surface area contributed by atoms with E-state index in [1.165, 1.54) is 0 Å². The maximum Gasteiger partial charge on any atom is 0.246 e. The van der Waals surface area contributed by atoms with Gasteiger partial charge in [-0.15, -0.1) is 18.0 Å². The number of sulfonamides is 1. The molecule has 0 saturated carbocycles. The summed E-state index contributed by atoms with van der Waals surface area (Å²) in [6.07, 6.45) is 5.14. The smallest absolute Gasteiger partial charge is 0.246 e. The highest BCUT2D eigenvalue weighted by molar-refractivity contribution is 7.93.